The molecular formula is C26H32F3N3O4S. The van der Waals surface area contributed by atoms with Crippen LogP contribution in [0.2, 0.25) is 0 Å². The Kier molecular flexibility index (Phi) is 10.4. The van der Waals surface area contributed by atoms with Gasteiger partial charge in [0.25, 0.3) is 5.91 Å². The van der Waals surface area contributed by atoms with Crippen LogP contribution < -0.4 is 16.0 Å². The summed E-state index contributed by atoms with van der Waals surface area (Å²) in [7, 11) is 0. The Balaban J connectivity index is 0.000000604. The zero-order valence-corrected chi connectivity index (χ0v) is 21.7. The zero-order valence-electron chi connectivity index (χ0n) is 20.9. The normalized spacial score (nSPS) is 15.0. The number of hydrogen-bond donors (Lipinski definition) is 3. The van der Waals surface area contributed by atoms with E-state index in [-0.39, 0.29) is 23.3 Å². The lowest BCUT2D eigenvalue weighted by Gasteiger charge is -2.28. The molecule has 0 saturated carbocycles. The summed E-state index contributed by atoms with van der Waals surface area (Å²) < 4.78 is 31.7. The SMILES string of the molecule is CC(C)(C)C[C@@H](/C=C/C(=O)N1CCc2ccccc21)N[C@@H](Cc1cccs1)C(N)=O.O=C(O)C(F)(F)F. The number of para-hydroxylation sites is 1. The first-order chi connectivity index (χ1) is 17.2. The lowest BCUT2D eigenvalue weighted by molar-refractivity contribution is -0.192. The number of aliphatic carboxylic acids is 1. The summed E-state index contributed by atoms with van der Waals surface area (Å²) >= 11 is 1.61. The minimum Gasteiger partial charge on any atom is -0.475 e. The largest absolute Gasteiger partial charge is 0.490 e. The van der Waals surface area contributed by atoms with Crippen molar-refractivity contribution in [3.63, 3.8) is 0 Å². The van der Waals surface area contributed by atoms with Gasteiger partial charge in [-0.3, -0.25) is 14.9 Å². The van der Waals surface area contributed by atoms with Crippen LogP contribution in [0.25, 0.3) is 0 Å². The average Bonchev–Trinajstić information content (AvgIpc) is 3.45. The number of benzene rings is 1. The first kappa shape index (κ1) is 30.0. The molecule has 1 aromatic carbocycles. The van der Waals surface area contributed by atoms with Gasteiger partial charge in [0.05, 0.1) is 6.04 Å². The van der Waals surface area contributed by atoms with E-state index in [4.69, 9.17) is 15.6 Å². The Morgan fingerprint density at radius 3 is 2.35 bits per heavy atom. The van der Waals surface area contributed by atoms with Gasteiger partial charge in [0.2, 0.25) is 5.91 Å². The topological polar surface area (TPSA) is 113 Å². The second-order valence-electron chi connectivity index (χ2n) is 9.81. The number of thiophene rings is 1. The zero-order chi connectivity index (χ0) is 27.8. The molecule has 0 saturated heterocycles. The number of carbonyl (C=O) groups is 3. The maximum Gasteiger partial charge on any atom is 0.490 e. The molecule has 1 aliphatic heterocycles. The van der Waals surface area contributed by atoms with E-state index in [0.29, 0.717) is 13.0 Å². The van der Waals surface area contributed by atoms with E-state index in [1.54, 1.807) is 17.4 Å². The number of alkyl halides is 3. The lowest BCUT2D eigenvalue weighted by Crippen LogP contribution is -2.48. The standard InChI is InChI=1S/C24H31N3O2S.C2HF3O2/c1-24(2,3)16-18(26-20(23(25)29)15-19-8-6-14-30-19)10-11-22(28)27-13-12-17-7-4-5-9-21(17)27;3-2(4,5)1(6)7/h4-11,14,18,20,26H,12-13,15-16H2,1-3H3,(H2,25,29);(H,6,7)/b11-10+;/t18-,20+;/m1./s1. The van der Waals surface area contributed by atoms with Crippen LogP contribution in [-0.2, 0) is 27.2 Å². The van der Waals surface area contributed by atoms with Gasteiger partial charge in [0, 0.05) is 35.6 Å². The van der Waals surface area contributed by atoms with Gasteiger partial charge in [-0.1, -0.05) is 51.1 Å². The van der Waals surface area contributed by atoms with Crippen molar-refractivity contribution >= 4 is 34.8 Å². The Morgan fingerprint density at radius 1 is 1.16 bits per heavy atom. The third kappa shape index (κ3) is 10.0. The molecule has 0 spiro atoms. The monoisotopic (exact) mass is 539 g/mol. The van der Waals surface area contributed by atoms with Crippen LogP contribution in [0.3, 0.4) is 0 Å². The van der Waals surface area contributed by atoms with Crippen molar-refractivity contribution in [2.75, 3.05) is 11.4 Å². The Morgan fingerprint density at radius 2 is 1.81 bits per heavy atom. The summed E-state index contributed by atoms with van der Waals surface area (Å²) in [4.78, 5) is 36.8. The molecule has 202 valence electrons. The van der Waals surface area contributed by atoms with Crippen molar-refractivity contribution in [1.82, 2.24) is 5.32 Å². The van der Waals surface area contributed by atoms with Crippen molar-refractivity contribution in [3.05, 3.63) is 64.4 Å². The molecule has 0 fully saturated rings. The van der Waals surface area contributed by atoms with Crippen molar-refractivity contribution in [2.45, 2.75) is 58.3 Å². The van der Waals surface area contributed by atoms with E-state index < -0.39 is 18.2 Å². The number of nitrogens with two attached hydrogens (primary N) is 1. The summed E-state index contributed by atoms with van der Waals surface area (Å²) in [6.07, 6.45) is 0.647. The number of amides is 2. The first-order valence-electron chi connectivity index (χ1n) is 11.6. The van der Waals surface area contributed by atoms with Crippen LogP contribution in [0.1, 0.15) is 37.6 Å². The number of rotatable bonds is 8. The van der Waals surface area contributed by atoms with Crippen LogP contribution >= 0.6 is 11.3 Å². The van der Waals surface area contributed by atoms with Crippen LogP contribution in [0.4, 0.5) is 18.9 Å². The number of nitrogens with one attached hydrogen (secondary N) is 1. The molecule has 4 N–H and O–H groups in total. The van der Waals surface area contributed by atoms with E-state index in [0.717, 1.165) is 23.4 Å². The molecule has 0 bridgehead atoms. The number of fused-ring (bicyclic) bond motifs is 1. The van der Waals surface area contributed by atoms with Gasteiger partial charge in [-0.25, -0.2) is 4.79 Å². The molecule has 37 heavy (non-hydrogen) atoms. The van der Waals surface area contributed by atoms with E-state index in [1.807, 2.05) is 46.7 Å². The second kappa shape index (κ2) is 12.9. The number of anilines is 1. The summed E-state index contributed by atoms with van der Waals surface area (Å²) in [5, 5.41) is 12.5. The molecule has 11 heteroatoms. The molecule has 1 aliphatic rings. The summed E-state index contributed by atoms with van der Waals surface area (Å²) in [6, 6.07) is 11.4. The van der Waals surface area contributed by atoms with Crippen molar-refractivity contribution in [2.24, 2.45) is 11.1 Å². The maximum absolute atomic E-state index is 12.9. The number of carboxylic acids is 1. The number of nitrogens with zero attached hydrogens (tertiary/aromatic N) is 1. The van der Waals surface area contributed by atoms with Crippen molar-refractivity contribution in [3.8, 4) is 0 Å². The van der Waals surface area contributed by atoms with Gasteiger partial charge in [-0.2, -0.15) is 13.2 Å². The maximum atomic E-state index is 12.9. The van der Waals surface area contributed by atoms with Crippen molar-refractivity contribution < 1.29 is 32.7 Å². The van der Waals surface area contributed by atoms with Gasteiger partial charge in [-0.15, -0.1) is 11.3 Å². The fraction of sp³-hybridized carbons (Fsp3) is 0.423. The highest BCUT2D eigenvalue weighted by Gasteiger charge is 2.38. The molecule has 0 unspecified atom stereocenters. The molecule has 1 aromatic heterocycles. The Bertz CT molecular complexity index is 1100. The quantitative estimate of drug-likeness (QED) is 0.433. The molecule has 0 aliphatic carbocycles. The Hall–Kier alpha value is -3.18. The molecule has 2 heterocycles. The minimum absolute atomic E-state index is 0.0242. The summed E-state index contributed by atoms with van der Waals surface area (Å²) in [5.74, 6) is -3.17. The third-order valence-electron chi connectivity index (χ3n) is 5.44. The molecule has 3 rings (SSSR count). The van der Waals surface area contributed by atoms with Gasteiger partial charge < -0.3 is 15.7 Å². The second-order valence-corrected chi connectivity index (χ2v) is 10.8. The molecule has 2 amide bonds. The molecule has 0 radical (unpaired) electrons. The van der Waals surface area contributed by atoms with E-state index in [1.165, 1.54) is 5.56 Å². The van der Waals surface area contributed by atoms with Crippen LogP contribution in [-0.4, -0.2) is 47.7 Å². The highest BCUT2D eigenvalue weighted by atomic mass is 32.1. The third-order valence-corrected chi connectivity index (χ3v) is 6.34. The highest BCUT2D eigenvalue weighted by Crippen LogP contribution is 2.28. The summed E-state index contributed by atoms with van der Waals surface area (Å²) in [6.45, 7) is 7.13. The minimum atomic E-state index is -5.08. The van der Waals surface area contributed by atoms with E-state index in [2.05, 4.69) is 32.2 Å². The van der Waals surface area contributed by atoms with Gasteiger partial charge in [-0.05, 0) is 41.3 Å². The van der Waals surface area contributed by atoms with Gasteiger partial charge in [0.15, 0.2) is 0 Å². The van der Waals surface area contributed by atoms with Crippen LogP contribution in [0, 0.1) is 5.41 Å². The Labute approximate surface area is 218 Å². The predicted molar refractivity (Wildman–Crippen MR) is 137 cm³/mol. The average molecular weight is 540 g/mol. The summed E-state index contributed by atoms with van der Waals surface area (Å²) in [5.41, 5.74) is 7.89. The number of primary amides is 1. The molecular weight excluding hydrogens is 507 g/mol. The fourth-order valence-electron chi connectivity index (χ4n) is 3.83. The first-order valence-corrected chi connectivity index (χ1v) is 12.5. The van der Waals surface area contributed by atoms with Crippen LogP contribution in [0.5, 0.6) is 0 Å². The molecule has 7 nitrogen and oxygen atoms in total. The van der Waals surface area contributed by atoms with Gasteiger partial charge in [0.1, 0.15) is 0 Å². The predicted octanol–water partition coefficient (Wildman–Crippen LogP) is 4.32. The number of carboxylic acid groups (broad SMARTS) is 1. The molecule has 2 aromatic rings. The van der Waals surface area contributed by atoms with E-state index >= 15 is 0 Å². The number of carbonyl (C=O) groups excluding carboxylic acids is 2. The number of halogens is 3. The van der Waals surface area contributed by atoms with Gasteiger partial charge >= 0.3 is 12.1 Å². The fourth-order valence-corrected chi connectivity index (χ4v) is 4.58. The van der Waals surface area contributed by atoms with E-state index in [9.17, 15) is 22.8 Å². The highest BCUT2D eigenvalue weighted by molar-refractivity contribution is 7.09. The molecule has 2 atom stereocenters. The van der Waals surface area contributed by atoms with Crippen LogP contribution in [0.15, 0.2) is 53.9 Å². The smallest absolute Gasteiger partial charge is 0.475 e. The lowest BCUT2D eigenvalue weighted by atomic mass is 9.87. The number of hydrogen-bond acceptors (Lipinski definition) is 5. The van der Waals surface area contributed by atoms with Crippen molar-refractivity contribution in [1.29, 1.82) is 0 Å².